The summed E-state index contributed by atoms with van der Waals surface area (Å²) in [6, 6.07) is 7.97. The van der Waals surface area contributed by atoms with Crippen LogP contribution in [0.1, 0.15) is 21.1 Å². The number of rotatable bonds is 4. The Hall–Kier alpha value is -0.900. The number of thiazole rings is 1. The molecule has 0 aliphatic heterocycles. The van der Waals surface area contributed by atoms with Crippen LogP contribution in [-0.4, -0.2) is 11.0 Å². The topological polar surface area (TPSA) is 38.9 Å². The molecule has 0 fully saturated rings. The van der Waals surface area contributed by atoms with E-state index in [0.717, 1.165) is 28.6 Å². The molecule has 0 spiro atoms. The van der Waals surface area contributed by atoms with Crippen molar-refractivity contribution in [3.8, 4) is 0 Å². The Morgan fingerprint density at radius 1 is 1.22 bits per heavy atom. The first-order valence-corrected chi connectivity index (χ1v) is 7.17. The molecule has 0 saturated carbocycles. The summed E-state index contributed by atoms with van der Waals surface area (Å²) in [5.74, 6) is 0. The van der Waals surface area contributed by atoms with Crippen molar-refractivity contribution >= 4 is 22.9 Å². The molecule has 2 rings (SSSR count). The van der Waals surface area contributed by atoms with Gasteiger partial charge in [-0.05, 0) is 38.0 Å². The van der Waals surface area contributed by atoms with Crippen molar-refractivity contribution in [3.63, 3.8) is 0 Å². The van der Waals surface area contributed by atoms with E-state index in [0.29, 0.717) is 0 Å². The maximum atomic E-state index is 6.17. The molecule has 18 heavy (non-hydrogen) atoms. The van der Waals surface area contributed by atoms with E-state index in [9.17, 15) is 0 Å². The van der Waals surface area contributed by atoms with E-state index in [1.807, 2.05) is 31.2 Å². The van der Waals surface area contributed by atoms with Gasteiger partial charge in [-0.3, -0.25) is 0 Å². The van der Waals surface area contributed by atoms with Gasteiger partial charge in [0.2, 0.25) is 0 Å². The normalized spacial score (nSPS) is 12.7. The lowest BCUT2D eigenvalue weighted by Gasteiger charge is -2.09. The van der Waals surface area contributed by atoms with Crippen LogP contribution in [0.5, 0.6) is 0 Å². The van der Waals surface area contributed by atoms with Gasteiger partial charge in [0.15, 0.2) is 0 Å². The van der Waals surface area contributed by atoms with Crippen molar-refractivity contribution < 1.29 is 0 Å². The highest BCUT2D eigenvalue weighted by Crippen LogP contribution is 2.18. The molecule has 0 saturated heterocycles. The maximum absolute atomic E-state index is 6.17. The Morgan fingerprint density at radius 2 is 1.89 bits per heavy atom. The minimum Gasteiger partial charge on any atom is -0.327 e. The summed E-state index contributed by atoms with van der Waals surface area (Å²) in [7, 11) is 0. The Balaban J connectivity index is 1.96. The molecule has 4 heteroatoms. The maximum Gasteiger partial charge on any atom is 0.0946 e. The van der Waals surface area contributed by atoms with Gasteiger partial charge in [-0.2, -0.15) is 0 Å². The van der Waals surface area contributed by atoms with Gasteiger partial charge in [-0.15, -0.1) is 11.3 Å². The Labute approximate surface area is 117 Å². The second kappa shape index (κ2) is 5.83. The highest BCUT2D eigenvalue weighted by molar-refractivity contribution is 7.11. The van der Waals surface area contributed by atoms with Crippen LogP contribution in [0.4, 0.5) is 0 Å². The highest BCUT2D eigenvalue weighted by atomic mass is 35.5. The molecule has 2 aromatic rings. The van der Waals surface area contributed by atoms with Crippen LogP contribution in [-0.2, 0) is 12.8 Å². The second-order valence-electron chi connectivity index (χ2n) is 4.54. The average Bonchev–Trinajstić information content (AvgIpc) is 2.61. The first-order chi connectivity index (χ1) is 8.54. The summed E-state index contributed by atoms with van der Waals surface area (Å²) in [5, 5.41) is 1.89. The molecule has 2 N–H and O–H groups in total. The van der Waals surface area contributed by atoms with Gasteiger partial charge in [-0.1, -0.05) is 23.7 Å². The van der Waals surface area contributed by atoms with Gasteiger partial charge in [0.05, 0.1) is 10.7 Å². The van der Waals surface area contributed by atoms with Crippen molar-refractivity contribution in [1.82, 2.24) is 4.98 Å². The molecule has 1 unspecified atom stereocenters. The van der Waals surface area contributed by atoms with Crippen molar-refractivity contribution in [2.75, 3.05) is 0 Å². The lowest BCUT2D eigenvalue weighted by atomic mass is 10.0. The van der Waals surface area contributed by atoms with E-state index in [4.69, 9.17) is 17.3 Å². The number of benzene rings is 1. The van der Waals surface area contributed by atoms with Crippen molar-refractivity contribution in [2.45, 2.75) is 32.7 Å². The Morgan fingerprint density at radius 3 is 2.44 bits per heavy atom. The number of nitrogens with zero attached hydrogens (tertiary/aromatic N) is 1. The molecule has 1 aromatic heterocycles. The van der Waals surface area contributed by atoms with Gasteiger partial charge in [-0.25, -0.2) is 4.98 Å². The Kier molecular flexibility index (Phi) is 4.38. The van der Waals surface area contributed by atoms with E-state index >= 15 is 0 Å². The average molecular weight is 281 g/mol. The fourth-order valence-electron chi connectivity index (χ4n) is 1.85. The van der Waals surface area contributed by atoms with Crippen LogP contribution in [0.25, 0.3) is 0 Å². The van der Waals surface area contributed by atoms with Crippen LogP contribution in [0.3, 0.4) is 0 Å². The van der Waals surface area contributed by atoms with Gasteiger partial charge >= 0.3 is 0 Å². The van der Waals surface area contributed by atoms with Crippen LogP contribution in [0.15, 0.2) is 24.3 Å². The number of hydrogen-bond donors (Lipinski definition) is 1. The first kappa shape index (κ1) is 13.5. The summed E-state index contributed by atoms with van der Waals surface area (Å²) in [5.41, 5.74) is 8.51. The van der Waals surface area contributed by atoms with E-state index in [2.05, 4.69) is 11.9 Å². The smallest absolute Gasteiger partial charge is 0.0946 e. The number of aryl methyl sites for hydroxylation is 2. The van der Waals surface area contributed by atoms with Gasteiger partial charge in [0, 0.05) is 22.4 Å². The number of halogens is 1. The fraction of sp³-hybridized carbons (Fsp3) is 0.357. The lowest BCUT2D eigenvalue weighted by molar-refractivity contribution is 0.661. The summed E-state index contributed by atoms with van der Waals surface area (Å²) < 4.78 is 0. The third-order valence-corrected chi connectivity index (χ3v) is 4.27. The Bertz CT molecular complexity index is 500. The highest BCUT2D eigenvalue weighted by Gasteiger charge is 2.10. The third kappa shape index (κ3) is 3.55. The molecule has 0 bridgehead atoms. The van der Waals surface area contributed by atoms with Crippen molar-refractivity contribution in [3.05, 3.63) is 50.4 Å². The number of aromatic nitrogens is 1. The quantitative estimate of drug-likeness (QED) is 0.931. The zero-order chi connectivity index (χ0) is 13.1. The molecule has 0 amide bonds. The zero-order valence-electron chi connectivity index (χ0n) is 10.6. The lowest BCUT2D eigenvalue weighted by Crippen LogP contribution is -2.25. The fourth-order valence-corrected chi connectivity index (χ4v) is 3.00. The standard InChI is InChI=1S/C14H17ClN2S/c1-9-10(2)18-14(17-9)8-13(16)7-11-3-5-12(15)6-4-11/h3-6,13H,7-8,16H2,1-2H3. The second-order valence-corrected chi connectivity index (χ2v) is 6.27. The number of hydrogen-bond acceptors (Lipinski definition) is 3. The van der Waals surface area contributed by atoms with E-state index < -0.39 is 0 Å². The van der Waals surface area contributed by atoms with E-state index in [-0.39, 0.29) is 6.04 Å². The van der Waals surface area contributed by atoms with Crippen LogP contribution in [0, 0.1) is 13.8 Å². The predicted octanol–water partition coefficient (Wildman–Crippen LogP) is 3.53. The zero-order valence-corrected chi connectivity index (χ0v) is 12.2. The summed E-state index contributed by atoms with van der Waals surface area (Å²) in [6.07, 6.45) is 1.69. The van der Waals surface area contributed by atoms with Gasteiger partial charge in [0.25, 0.3) is 0 Å². The molecule has 2 nitrogen and oxygen atoms in total. The third-order valence-electron chi connectivity index (χ3n) is 2.92. The summed E-state index contributed by atoms with van der Waals surface area (Å²) >= 11 is 7.60. The van der Waals surface area contributed by atoms with Crippen LogP contribution in [0.2, 0.25) is 5.02 Å². The van der Waals surface area contributed by atoms with Crippen LogP contribution < -0.4 is 5.73 Å². The molecule has 1 heterocycles. The number of nitrogens with two attached hydrogens (primary N) is 1. The minimum atomic E-state index is 0.108. The minimum absolute atomic E-state index is 0.108. The molecular weight excluding hydrogens is 264 g/mol. The first-order valence-electron chi connectivity index (χ1n) is 5.97. The summed E-state index contributed by atoms with van der Waals surface area (Å²) in [6.45, 7) is 4.14. The van der Waals surface area contributed by atoms with Crippen molar-refractivity contribution in [1.29, 1.82) is 0 Å². The molecule has 0 radical (unpaired) electrons. The van der Waals surface area contributed by atoms with Gasteiger partial charge < -0.3 is 5.73 Å². The molecule has 1 atom stereocenters. The predicted molar refractivity (Wildman–Crippen MR) is 78.4 cm³/mol. The van der Waals surface area contributed by atoms with Crippen molar-refractivity contribution in [2.24, 2.45) is 5.73 Å². The molecule has 1 aromatic carbocycles. The monoisotopic (exact) mass is 280 g/mol. The molecular formula is C14H17ClN2S. The molecule has 96 valence electrons. The van der Waals surface area contributed by atoms with Crippen LogP contribution >= 0.6 is 22.9 Å². The summed E-state index contributed by atoms with van der Waals surface area (Å²) in [4.78, 5) is 5.80. The van der Waals surface area contributed by atoms with E-state index in [1.165, 1.54) is 10.4 Å². The molecule has 0 aliphatic carbocycles. The van der Waals surface area contributed by atoms with Gasteiger partial charge in [0.1, 0.15) is 0 Å². The SMILES string of the molecule is Cc1nc(CC(N)Cc2ccc(Cl)cc2)sc1C. The largest absolute Gasteiger partial charge is 0.327 e. The molecule has 0 aliphatic rings. The van der Waals surface area contributed by atoms with E-state index in [1.54, 1.807) is 11.3 Å².